The van der Waals surface area contributed by atoms with Gasteiger partial charge in [0.05, 0.1) is 0 Å². The fraction of sp³-hybridized carbons (Fsp3) is 0.688. The van der Waals surface area contributed by atoms with E-state index in [-0.39, 0.29) is 13.0 Å². The summed E-state index contributed by atoms with van der Waals surface area (Å²) >= 11 is 0. The Labute approximate surface area is 182 Å². The average molecular weight is 556 g/mol. The molecule has 0 saturated carbocycles. The van der Waals surface area contributed by atoms with Crippen LogP contribution in [0.2, 0.25) is 0 Å². The summed E-state index contributed by atoms with van der Waals surface area (Å²) in [5.41, 5.74) is -7.66. The van der Waals surface area contributed by atoms with Gasteiger partial charge < -0.3 is 5.11 Å². The molecular weight excluding hydrogens is 547 g/mol. The Morgan fingerprint density at radius 2 is 0.914 bits per heavy atom. The number of carbonyl (C=O) groups excluding carboxylic acids is 1. The third-order valence-electron chi connectivity index (χ3n) is 4.96. The van der Waals surface area contributed by atoms with Gasteiger partial charge in [-0.2, -0.15) is 74.6 Å². The lowest BCUT2D eigenvalue weighted by Gasteiger charge is -2.46. The Balaban J connectivity index is 3.83. The number of halogens is 17. The fourth-order valence-corrected chi connectivity index (χ4v) is 2.66. The Morgan fingerprint density at radius 1 is 0.600 bits per heavy atom. The monoisotopic (exact) mass is 556 g/mol. The van der Waals surface area contributed by atoms with E-state index in [0.29, 0.717) is 6.92 Å². The van der Waals surface area contributed by atoms with E-state index in [1.165, 1.54) is 0 Å². The highest BCUT2D eigenvalue weighted by Crippen LogP contribution is 2.65. The lowest BCUT2D eigenvalue weighted by molar-refractivity contribution is -0.465. The molecule has 0 amide bonds. The van der Waals surface area contributed by atoms with Crippen molar-refractivity contribution in [2.75, 3.05) is 0 Å². The number of rotatable bonds is 7. The maximum Gasteiger partial charge on any atom is 0.460 e. The van der Waals surface area contributed by atoms with Crippen LogP contribution in [-0.4, -0.2) is 64.1 Å². The largest absolute Gasteiger partial charge is 0.460 e. The molecule has 2 nitrogen and oxygen atoms in total. The number of hydrogen-bond acceptors (Lipinski definition) is 2. The first kappa shape index (κ1) is 31.0. The second-order valence-corrected chi connectivity index (χ2v) is 7.30. The number of hydrogen-bond donors (Lipinski definition) is 1. The summed E-state index contributed by atoms with van der Waals surface area (Å²) in [4.78, 5) is 11.3. The Bertz CT molecular complexity index is 940. The zero-order valence-electron chi connectivity index (χ0n) is 16.4. The van der Waals surface area contributed by atoms with Crippen molar-refractivity contribution in [2.24, 2.45) is 0 Å². The Morgan fingerprint density at radius 3 is 1.26 bits per heavy atom. The summed E-state index contributed by atoms with van der Waals surface area (Å²) < 4.78 is 227. The van der Waals surface area contributed by atoms with Crippen molar-refractivity contribution in [2.45, 2.75) is 67.1 Å². The lowest BCUT2D eigenvalue weighted by Crippen LogP contribution is -2.76. The summed E-state index contributed by atoms with van der Waals surface area (Å²) in [7, 11) is 0. The first-order chi connectivity index (χ1) is 14.9. The highest BCUT2D eigenvalue weighted by atomic mass is 19.4. The van der Waals surface area contributed by atoms with Crippen LogP contribution in [0.5, 0.6) is 0 Å². The molecule has 0 fully saturated rings. The van der Waals surface area contributed by atoms with Gasteiger partial charge in [-0.1, -0.05) is 0 Å². The summed E-state index contributed by atoms with van der Waals surface area (Å²) in [6.45, 7) is 0.652. The molecule has 0 aromatic carbocycles. The molecule has 0 radical (unpaired) electrons. The van der Waals surface area contributed by atoms with Gasteiger partial charge in [0.1, 0.15) is 0 Å². The predicted octanol–water partition coefficient (Wildman–Crippen LogP) is 6.20. The van der Waals surface area contributed by atoms with Gasteiger partial charge in [-0.25, -0.2) is 0 Å². The molecule has 1 unspecified atom stereocenters. The molecule has 35 heavy (non-hydrogen) atoms. The second-order valence-electron chi connectivity index (χ2n) is 7.30. The molecule has 0 bridgehead atoms. The average Bonchev–Trinajstić information content (AvgIpc) is 2.64. The number of aliphatic hydroxyl groups is 1. The molecule has 0 aromatic rings. The van der Waals surface area contributed by atoms with Gasteiger partial charge in [0, 0.05) is 0 Å². The van der Waals surface area contributed by atoms with Crippen LogP contribution in [0.1, 0.15) is 13.8 Å². The lowest BCUT2D eigenvalue weighted by atomic mass is 9.76. The van der Waals surface area contributed by atoms with Crippen molar-refractivity contribution in [3.05, 3.63) is 23.3 Å². The summed E-state index contributed by atoms with van der Waals surface area (Å²) in [5, 5.41) is 9.81. The fourth-order valence-electron chi connectivity index (χ4n) is 2.66. The van der Waals surface area contributed by atoms with Crippen molar-refractivity contribution in [1.82, 2.24) is 0 Å². The molecule has 0 aromatic heterocycles. The SMILES string of the molecule is CC1=CC(O)(C(F)(F)C(F)(F)C(F)(F)C(F)(F)C(F)(F)C(F)(F)C(F)(F)C(F)(F)F)C(C)=CC1=O. The standard InChI is InChI=1S/C16H9F17O2/c1-5-4-8(35,6(2)3-7(5)34)9(17,18)10(19,20)11(21,22)12(23,24)13(25,26)14(27,28)15(29,30)16(31,32)33/h3-4,35H,1-2H3. The minimum Gasteiger partial charge on any atom is -0.375 e. The second kappa shape index (κ2) is 7.71. The molecule has 204 valence electrons. The molecule has 19 heteroatoms. The zero-order chi connectivity index (χ0) is 28.6. The van der Waals surface area contributed by atoms with Crippen molar-refractivity contribution in [1.29, 1.82) is 0 Å². The normalized spacial score (nSPS) is 22.2. The Hall–Kier alpha value is -2.08. The summed E-state index contributed by atoms with van der Waals surface area (Å²) in [6, 6.07) is 0. The van der Waals surface area contributed by atoms with E-state index in [4.69, 9.17) is 0 Å². The van der Waals surface area contributed by atoms with Gasteiger partial charge in [0.2, 0.25) is 0 Å². The van der Waals surface area contributed by atoms with Crippen LogP contribution in [0, 0.1) is 0 Å². The molecule has 0 spiro atoms. The zero-order valence-corrected chi connectivity index (χ0v) is 16.4. The van der Waals surface area contributed by atoms with E-state index >= 15 is 0 Å². The van der Waals surface area contributed by atoms with Crippen LogP contribution < -0.4 is 0 Å². The summed E-state index contributed by atoms with van der Waals surface area (Å²) in [5.74, 6) is -59.4. The molecule has 1 aliphatic rings. The number of carbonyl (C=O) groups is 1. The maximum atomic E-state index is 14.4. The van der Waals surface area contributed by atoms with Gasteiger partial charge in [0.25, 0.3) is 0 Å². The minimum absolute atomic E-state index is 0.109. The first-order valence-electron chi connectivity index (χ1n) is 8.30. The summed E-state index contributed by atoms with van der Waals surface area (Å²) in [6.07, 6.45) is -8.55. The third-order valence-corrected chi connectivity index (χ3v) is 4.96. The van der Waals surface area contributed by atoms with Crippen LogP contribution in [0.15, 0.2) is 23.3 Å². The number of allylic oxidation sites excluding steroid dienone is 2. The van der Waals surface area contributed by atoms with Gasteiger partial charge in [-0.15, -0.1) is 0 Å². The van der Waals surface area contributed by atoms with Gasteiger partial charge in [-0.05, 0) is 37.1 Å². The van der Waals surface area contributed by atoms with Gasteiger partial charge in [0.15, 0.2) is 11.4 Å². The van der Waals surface area contributed by atoms with Crippen molar-refractivity contribution >= 4 is 5.78 Å². The molecular formula is C16H9F17O2. The molecule has 1 N–H and O–H groups in total. The highest BCUT2D eigenvalue weighted by Gasteiger charge is 2.96. The van der Waals surface area contributed by atoms with Crippen molar-refractivity contribution < 1.29 is 84.5 Å². The molecule has 1 rings (SSSR count). The molecule has 0 saturated heterocycles. The molecule has 0 aliphatic heterocycles. The molecule has 0 heterocycles. The first-order valence-corrected chi connectivity index (χ1v) is 8.30. The Kier molecular flexibility index (Phi) is 6.82. The van der Waals surface area contributed by atoms with Crippen LogP contribution in [0.25, 0.3) is 0 Å². The van der Waals surface area contributed by atoms with E-state index in [0.717, 1.165) is 0 Å². The molecule has 1 atom stereocenters. The topological polar surface area (TPSA) is 37.3 Å². The third kappa shape index (κ3) is 3.61. The predicted molar refractivity (Wildman–Crippen MR) is 78.2 cm³/mol. The van der Waals surface area contributed by atoms with Gasteiger partial charge in [-0.3, -0.25) is 4.79 Å². The number of ketones is 1. The van der Waals surface area contributed by atoms with Crippen molar-refractivity contribution in [3.8, 4) is 0 Å². The van der Waals surface area contributed by atoms with Crippen LogP contribution >= 0.6 is 0 Å². The highest BCUT2D eigenvalue weighted by molar-refractivity contribution is 6.05. The van der Waals surface area contributed by atoms with Crippen molar-refractivity contribution in [3.63, 3.8) is 0 Å². The van der Waals surface area contributed by atoms with Crippen LogP contribution in [-0.2, 0) is 4.79 Å². The minimum atomic E-state index is -8.76. The van der Waals surface area contributed by atoms with Crippen LogP contribution in [0.4, 0.5) is 74.6 Å². The van der Waals surface area contributed by atoms with Gasteiger partial charge >= 0.3 is 47.6 Å². The maximum absolute atomic E-state index is 14.4. The smallest absolute Gasteiger partial charge is 0.375 e. The van der Waals surface area contributed by atoms with E-state index in [2.05, 4.69) is 0 Å². The van der Waals surface area contributed by atoms with E-state index in [1.54, 1.807) is 0 Å². The quantitative estimate of drug-likeness (QED) is 0.380. The van der Waals surface area contributed by atoms with E-state index < -0.39 is 76.2 Å². The van der Waals surface area contributed by atoms with E-state index in [9.17, 15) is 84.5 Å². The molecule has 1 aliphatic carbocycles. The number of alkyl halides is 17. The van der Waals surface area contributed by atoms with E-state index in [1.807, 2.05) is 0 Å². The van der Waals surface area contributed by atoms with Crippen LogP contribution in [0.3, 0.4) is 0 Å².